The van der Waals surface area contributed by atoms with Gasteiger partial charge in [0.2, 0.25) is 0 Å². The third-order valence-electron chi connectivity index (χ3n) is 8.89. The highest BCUT2D eigenvalue weighted by Crippen LogP contribution is 2.57. The molecule has 1 aromatic heterocycles. The number of anilines is 4. The molecule has 3 nitrogen and oxygen atoms in total. The lowest BCUT2D eigenvalue weighted by Crippen LogP contribution is -2.40. The van der Waals surface area contributed by atoms with E-state index in [1.165, 1.54) is 61.4 Å². The fourth-order valence-corrected chi connectivity index (χ4v) is 7.26. The van der Waals surface area contributed by atoms with Gasteiger partial charge in [-0.3, -0.25) is 0 Å². The molecule has 6 aromatic carbocycles. The first-order chi connectivity index (χ1) is 20.4. The topological polar surface area (TPSA) is 11.4 Å². The van der Waals surface area contributed by atoms with Crippen molar-refractivity contribution in [3.8, 4) is 5.69 Å². The van der Waals surface area contributed by atoms with Crippen molar-refractivity contribution >= 4 is 44.6 Å². The number of nitrogens with zero attached hydrogens (tertiary/aromatic N) is 3. The van der Waals surface area contributed by atoms with Gasteiger partial charge in [-0.25, -0.2) is 0 Å². The van der Waals surface area contributed by atoms with Crippen molar-refractivity contribution in [2.75, 3.05) is 9.80 Å². The number of benzene rings is 6. The SMILES string of the molecule is c1ccc(N2c3ccccc3C3c4ccccc4N(c4ccc(-n5c6ccccc6c6ccccc65)cc4)C32)cc1. The summed E-state index contributed by atoms with van der Waals surface area (Å²) in [6, 6.07) is 55.2. The Morgan fingerprint density at radius 1 is 0.366 bits per heavy atom. The molecule has 0 N–H and O–H groups in total. The zero-order valence-corrected chi connectivity index (χ0v) is 22.4. The Morgan fingerprint density at radius 3 is 1.39 bits per heavy atom. The maximum atomic E-state index is 2.54. The third kappa shape index (κ3) is 3.14. The van der Waals surface area contributed by atoms with Crippen molar-refractivity contribution in [3.63, 3.8) is 0 Å². The van der Waals surface area contributed by atoms with Crippen LogP contribution in [0.4, 0.5) is 22.7 Å². The molecule has 2 unspecified atom stereocenters. The van der Waals surface area contributed by atoms with Gasteiger partial charge in [0.15, 0.2) is 0 Å². The highest BCUT2D eigenvalue weighted by molar-refractivity contribution is 6.09. The smallest absolute Gasteiger partial charge is 0.122 e. The van der Waals surface area contributed by atoms with Gasteiger partial charge in [-0.15, -0.1) is 0 Å². The van der Waals surface area contributed by atoms with Crippen LogP contribution in [0.15, 0.2) is 152 Å². The van der Waals surface area contributed by atoms with Crippen LogP contribution in [0.3, 0.4) is 0 Å². The fraction of sp³-hybridized carbons (Fsp3) is 0.0526. The molecule has 0 saturated heterocycles. The Balaban J connectivity index is 1.22. The minimum Gasteiger partial charge on any atom is -0.319 e. The Bertz CT molecular complexity index is 2010. The summed E-state index contributed by atoms with van der Waals surface area (Å²) in [5.74, 6) is 0.264. The van der Waals surface area contributed by atoms with Crippen LogP contribution in [0.2, 0.25) is 0 Å². The predicted molar refractivity (Wildman–Crippen MR) is 170 cm³/mol. The summed E-state index contributed by atoms with van der Waals surface area (Å²) in [6.45, 7) is 0. The van der Waals surface area contributed by atoms with Gasteiger partial charge >= 0.3 is 0 Å². The molecular formula is C38H27N3. The maximum Gasteiger partial charge on any atom is 0.122 e. The Morgan fingerprint density at radius 2 is 0.805 bits per heavy atom. The summed E-state index contributed by atoms with van der Waals surface area (Å²) in [5, 5.41) is 2.57. The van der Waals surface area contributed by atoms with Crippen LogP contribution in [0, 0.1) is 0 Å². The van der Waals surface area contributed by atoms with E-state index in [9.17, 15) is 0 Å². The van der Waals surface area contributed by atoms with Crippen molar-refractivity contribution < 1.29 is 0 Å². The number of hydrogen-bond acceptors (Lipinski definition) is 2. The van der Waals surface area contributed by atoms with E-state index in [0.717, 1.165) is 0 Å². The Hall–Kier alpha value is -5.28. The van der Waals surface area contributed by atoms with Crippen molar-refractivity contribution in [2.45, 2.75) is 12.1 Å². The van der Waals surface area contributed by atoms with Crippen LogP contribution >= 0.6 is 0 Å². The second-order valence-corrected chi connectivity index (χ2v) is 11.0. The first-order valence-corrected chi connectivity index (χ1v) is 14.3. The van der Waals surface area contributed by atoms with Crippen LogP contribution in [-0.4, -0.2) is 10.7 Å². The molecule has 194 valence electrons. The van der Waals surface area contributed by atoms with E-state index in [4.69, 9.17) is 0 Å². The monoisotopic (exact) mass is 525 g/mol. The predicted octanol–water partition coefficient (Wildman–Crippen LogP) is 9.55. The van der Waals surface area contributed by atoms with E-state index in [1.807, 2.05) is 0 Å². The fourth-order valence-electron chi connectivity index (χ4n) is 7.26. The summed E-state index contributed by atoms with van der Waals surface area (Å²) in [4.78, 5) is 5.07. The summed E-state index contributed by atoms with van der Waals surface area (Å²) in [6.07, 6.45) is 0.117. The molecule has 2 atom stereocenters. The van der Waals surface area contributed by atoms with Crippen LogP contribution < -0.4 is 9.80 Å². The molecular weight excluding hydrogens is 498 g/mol. The minimum atomic E-state index is 0.117. The van der Waals surface area contributed by atoms with Gasteiger partial charge in [0, 0.05) is 39.2 Å². The van der Waals surface area contributed by atoms with Gasteiger partial charge in [-0.1, -0.05) is 91.0 Å². The molecule has 0 amide bonds. The van der Waals surface area contributed by atoms with Crippen LogP contribution in [0.5, 0.6) is 0 Å². The molecule has 0 radical (unpaired) electrons. The van der Waals surface area contributed by atoms with Crippen LogP contribution in [0.1, 0.15) is 17.0 Å². The molecule has 0 saturated carbocycles. The number of hydrogen-bond donors (Lipinski definition) is 0. The minimum absolute atomic E-state index is 0.117. The van der Waals surface area contributed by atoms with E-state index in [0.29, 0.717) is 0 Å². The number of para-hydroxylation sites is 5. The summed E-state index contributed by atoms with van der Waals surface area (Å²) in [5.41, 5.74) is 11.4. The van der Waals surface area contributed by atoms with Crippen molar-refractivity contribution in [1.29, 1.82) is 0 Å². The molecule has 3 heterocycles. The average Bonchev–Trinajstić information content (AvgIpc) is 3.67. The standard InChI is InChI=1S/C38H27N3/c1-2-12-26(13-3-1)40-35-20-10-6-16-31(35)37-32-17-7-11-21-36(32)41(38(37)40)28-24-22-27(23-25-28)39-33-18-8-4-14-29(33)30-15-5-9-19-34(30)39/h1-25,37-38H. The van der Waals surface area contributed by atoms with Gasteiger partial charge < -0.3 is 14.4 Å². The number of rotatable bonds is 3. The quantitative estimate of drug-likeness (QED) is 0.228. The molecule has 2 aliphatic heterocycles. The van der Waals surface area contributed by atoms with Gasteiger partial charge in [0.1, 0.15) is 6.17 Å². The highest BCUT2D eigenvalue weighted by atomic mass is 15.4. The van der Waals surface area contributed by atoms with E-state index in [1.54, 1.807) is 0 Å². The van der Waals surface area contributed by atoms with Gasteiger partial charge in [0.05, 0.1) is 17.0 Å². The molecule has 2 aliphatic rings. The largest absolute Gasteiger partial charge is 0.319 e. The second-order valence-electron chi connectivity index (χ2n) is 11.0. The molecule has 0 spiro atoms. The lowest BCUT2D eigenvalue weighted by molar-refractivity contribution is 0.669. The van der Waals surface area contributed by atoms with Gasteiger partial charge in [-0.2, -0.15) is 0 Å². The van der Waals surface area contributed by atoms with Crippen LogP contribution in [-0.2, 0) is 0 Å². The normalized spacial score (nSPS) is 17.2. The van der Waals surface area contributed by atoms with E-state index < -0.39 is 0 Å². The molecule has 7 aromatic rings. The molecule has 9 rings (SSSR count). The molecule has 3 heteroatoms. The maximum absolute atomic E-state index is 2.54. The van der Waals surface area contributed by atoms with Crippen LogP contribution in [0.25, 0.3) is 27.5 Å². The second kappa shape index (κ2) is 8.61. The van der Waals surface area contributed by atoms with Crippen molar-refractivity contribution in [1.82, 2.24) is 4.57 Å². The van der Waals surface area contributed by atoms with Gasteiger partial charge in [0.25, 0.3) is 0 Å². The zero-order chi connectivity index (χ0) is 26.9. The lowest BCUT2D eigenvalue weighted by atomic mass is 9.93. The molecule has 41 heavy (non-hydrogen) atoms. The average molecular weight is 526 g/mol. The lowest BCUT2D eigenvalue weighted by Gasteiger charge is -2.36. The Labute approximate surface area is 239 Å². The zero-order valence-electron chi connectivity index (χ0n) is 22.4. The first-order valence-electron chi connectivity index (χ1n) is 14.3. The number of fused-ring (bicyclic) bond motifs is 8. The van der Waals surface area contributed by atoms with E-state index >= 15 is 0 Å². The first kappa shape index (κ1) is 22.5. The van der Waals surface area contributed by atoms with E-state index in [-0.39, 0.29) is 12.1 Å². The van der Waals surface area contributed by atoms with E-state index in [2.05, 4.69) is 166 Å². The molecule has 0 fully saturated rings. The molecule has 0 bridgehead atoms. The van der Waals surface area contributed by atoms with Gasteiger partial charge in [-0.05, 0) is 71.8 Å². The Kier molecular flexibility index (Phi) is 4.73. The van der Waals surface area contributed by atoms with Crippen molar-refractivity contribution in [2.24, 2.45) is 0 Å². The molecule has 0 aliphatic carbocycles. The summed E-state index contributed by atoms with van der Waals surface area (Å²) >= 11 is 0. The van der Waals surface area contributed by atoms with Crippen molar-refractivity contribution in [3.05, 3.63) is 163 Å². The third-order valence-corrected chi connectivity index (χ3v) is 8.89. The summed E-state index contributed by atoms with van der Waals surface area (Å²) < 4.78 is 2.39. The number of aromatic nitrogens is 1. The highest BCUT2D eigenvalue weighted by Gasteiger charge is 2.49. The summed E-state index contributed by atoms with van der Waals surface area (Å²) in [7, 11) is 0.